The summed E-state index contributed by atoms with van der Waals surface area (Å²) in [4.78, 5) is 7.34. The summed E-state index contributed by atoms with van der Waals surface area (Å²) in [5.41, 5.74) is 3.58. The number of benzene rings is 2. The Bertz CT molecular complexity index is 765. The second kappa shape index (κ2) is 5.57. The van der Waals surface area contributed by atoms with Crippen molar-refractivity contribution >= 4 is 21.8 Å². The zero-order chi connectivity index (χ0) is 13.8. The number of aromatic nitrogens is 2. The molecule has 0 fully saturated rings. The Morgan fingerprint density at radius 2 is 1.70 bits per heavy atom. The molecule has 98 valence electrons. The van der Waals surface area contributed by atoms with Gasteiger partial charge in [0.15, 0.2) is 0 Å². The Kier molecular flexibility index (Phi) is 3.46. The van der Waals surface area contributed by atoms with Crippen LogP contribution in [0.2, 0.25) is 0 Å². The van der Waals surface area contributed by atoms with Crippen molar-refractivity contribution in [1.82, 2.24) is 9.97 Å². The van der Waals surface area contributed by atoms with Gasteiger partial charge in [-0.05, 0) is 42.1 Å². The Balaban J connectivity index is 0.000000121. The molecule has 0 amide bonds. The van der Waals surface area contributed by atoms with Crippen molar-refractivity contribution in [3.8, 4) is 0 Å². The van der Waals surface area contributed by atoms with E-state index in [1.165, 1.54) is 21.9 Å². The summed E-state index contributed by atoms with van der Waals surface area (Å²) < 4.78 is 0. The van der Waals surface area contributed by atoms with E-state index in [9.17, 15) is 0 Å². The van der Waals surface area contributed by atoms with E-state index < -0.39 is 0 Å². The molecule has 2 aromatic carbocycles. The van der Waals surface area contributed by atoms with Crippen molar-refractivity contribution in [1.29, 1.82) is 0 Å². The van der Waals surface area contributed by atoms with Gasteiger partial charge in [0.25, 0.3) is 0 Å². The number of rotatable bonds is 0. The molecule has 1 N–H and O–H groups in total. The quantitative estimate of drug-likeness (QED) is 0.487. The highest BCUT2D eigenvalue weighted by atomic mass is 14.7. The van der Waals surface area contributed by atoms with Crippen LogP contribution in [0.25, 0.3) is 21.8 Å². The van der Waals surface area contributed by atoms with Gasteiger partial charge in [0.05, 0.1) is 5.52 Å². The molecule has 2 heterocycles. The fourth-order valence-electron chi connectivity index (χ4n) is 2.18. The fraction of sp³-hybridized carbons (Fsp3) is 0.0556. The average Bonchev–Trinajstić information content (AvgIpc) is 2.95. The van der Waals surface area contributed by atoms with Gasteiger partial charge < -0.3 is 4.98 Å². The number of hydrogen-bond donors (Lipinski definition) is 1. The molecule has 0 bridgehead atoms. The highest BCUT2D eigenvalue weighted by molar-refractivity contribution is 5.79. The van der Waals surface area contributed by atoms with E-state index in [1.807, 2.05) is 36.7 Å². The van der Waals surface area contributed by atoms with Gasteiger partial charge in [0.2, 0.25) is 0 Å². The highest BCUT2D eigenvalue weighted by Gasteiger charge is 1.91. The van der Waals surface area contributed by atoms with Crippen molar-refractivity contribution in [2.45, 2.75) is 6.92 Å². The second-order valence-electron chi connectivity index (χ2n) is 4.76. The van der Waals surface area contributed by atoms with Gasteiger partial charge in [-0.2, -0.15) is 0 Å². The van der Waals surface area contributed by atoms with Crippen LogP contribution < -0.4 is 0 Å². The van der Waals surface area contributed by atoms with Crippen LogP contribution in [0.1, 0.15) is 5.56 Å². The van der Waals surface area contributed by atoms with E-state index in [2.05, 4.69) is 53.3 Å². The van der Waals surface area contributed by atoms with Crippen LogP contribution >= 0.6 is 0 Å². The van der Waals surface area contributed by atoms with Crippen molar-refractivity contribution in [2.24, 2.45) is 0 Å². The molecule has 0 saturated heterocycles. The van der Waals surface area contributed by atoms with E-state index in [-0.39, 0.29) is 0 Å². The largest absolute Gasteiger partial charge is 0.361 e. The van der Waals surface area contributed by atoms with Gasteiger partial charge >= 0.3 is 0 Å². The maximum absolute atomic E-state index is 4.18. The maximum Gasteiger partial charge on any atom is 0.0701 e. The zero-order valence-corrected chi connectivity index (χ0v) is 11.4. The van der Waals surface area contributed by atoms with Gasteiger partial charge in [-0.25, -0.2) is 0 Å². The van der Waals surface area contributed by atoms with E-state index in [0.717, 1.165) is 5.52 Å². The molecule has 0 atom stereocenters. The summed E-state index contributed by atoms with van der Waals surface area (Å²) in [5.74, 6) is 0. The van der Waals surface area contributed by atoms with Crippen LogP contribution in [0.3, 0.4) is 0 Å². The number of para-hydroxylation sites is 1. The summed E-state index contributed by atoms with van der Waals surface area (Å²) in [7, 11) is 0. The minimum atomic E-state index is 1.06. The molecule has 0 radical (unpaired) electrons. The molecular weight excluding hydrogens is 244 g/mol. The van der Waals surface area contributed by atoms with Gasteiger partial charge in [0.1, 0.15) is 0 Å². The minimum Gasteiger partial charge on any atom is -0.361 e. The molecular formula is C18H16N2. The normalized spacial score (nSPS) is 10.2. The third-order valence-corrected chi connectivity index (χ3v) is 3.22. The number of H-pyrrole nitrogens is 1. The number of nitrogens with zero attached hydrogens (tertiary/aromatic N) is 1. The van der Waals surface area contributed by atoms with Crippen LogP contribution in [-0.4, -0.2) is 9.97 Å². The first-order chi connectivity index (χ1) is 9.83. The number of hydrogen-bond acceptors (Lipinski definition) is 1. The average molecular weight is 260 g/mol. The van der Waals surface area contributed by atoms with Crippen LogP contribution in [0.5, 0.6) is 0 Å². The van der Waals surface area contributed by atoms with Gasteiger partial charge in [-0.3, -0.25) is 4.98 Å². The zero-order valence-electron chi connectivity index (χ0n) is 11.4. The van der Waals surface area contributed by atoms with Crippen molar-refractivity contribution in [2.75, 3.05) is 0 Å². The predicted molar refractivity (Wildman–Crippen MR) is 84.8 cm³/mol. The third-order valence-electron chi connectivity index (χ3n) is 3.22. The second-order valence-corrected chi connectivity index (χ2v) is 4.76. The minimum absolute atomic E-state index is 1.06. The predicted octanol–water partition coefficient (Wildman–Crippen LogP) is 4.71. The summed E-state index contributed by atoms with van der Waals surface area (Å²) in [6.07, 6.45) is 3.77. The highest BCUT2D eigenvalue weighted by Crippen LogP contribution is 2.12. The van der Waals surface area contributed by atoms with Crippen molar-refractivity contribution in [3.05, 3.63) is 78.6 Å². The van der Waals surface area contributed by atoms with Gasteiger partial charge in [-0.15, -0.1) is 0 Å². The summed E-state index contributed by atoms with van der Waals surface area (Å²) >= 11 is 0. The summed E-state index contributed by atoms with van der Waals surface area (Å²) in [6.45, 7) is 2.10. The molecule has 2 aromatic heterocycles. The number of fused-ring (bicyclic) bond motifs is 2. The first kappa shape index (κ1) is 12.4. The smallest absolute Gasteiger partial charge is 0.0701 e. The van der Waals surface area contributed by atoms with Crippen LogP contribution in [0, 0.1) is 6.92 Å². The van der Waals surface area contributed by atoms with Crippen molar-refractivity contribution in [3.63, 3.8) is 0 Å². The maximum atomic E-state index is 4.18. The van der Waals surface area contributed by atoms with E-state index in [4.69, 9.17) is 0 Å². The Hall–Kier alpha value is -2.61. The summed E-state index contributed by atoms with van der Waals surface area (Å²) in [5, 5.41) is 2.48. The molecule has 0 aliphatic carbocycles. The van der Waals surface area contributed by atoms with Gasteiger partial charge in [-0.1, -0.05) is 36.4 Å². The van der Waals surface area contributed by atoms with Crippen LogP contribution in [-0.2, 0) is 0 Å². The lowest BCUT2D eigenvalue weighted by atomic mass is 10.2. The number of aryl methyl sites for hydroxylation is 1. The molecule has 0 aliphatic rings. The molecule has 0 unspecified atom stereocenters. The Morgan fingerprint density at radius 1 is 0.850 bits per heavy atom. The molecule has 2 nitrogen and oxygen atoms in total. The topological polar surface area (TPSA) is 28.7 Å². The molecule has 0 spiro atoms. The number of pyridine rings is 1. The van der Waals surface area contributed by atoms with Crippen LogP contribution in [0.15, 0.2) is 73.1 Å². The number of nitrogens with one attached hydrogen (secondary N) is 1. The standard InChI is InChI=1S/C9H9N.C9H7N/c1-7-2-3-8-4-5-10-9(8)6-7;1-2-6-9-8(4-1)5-3-7-10-9/h2-6,10H,1H3;1-7H. The molecule has 4 aromatic rings. The van der Waals surface area contributed by atoms with Gasteiger partial charge in [0, 0.05) is 23.3 Å². The van der Waals surface area contributed by atoms with E-state index in [0.29, 0.717) is 0 Å². The SMILES string of the molecule is Cc1ccc2cc[nH]c2c1.c1ccc2ncccc2c1. The lowest BCUT2D eigenvalue weighted by Gasteiger charge is -1.91. The molecule has 4 rings (SSSR count). The lowest BCUT2D eigenvalue weighted by Crippen LogP contribution is -1.73. The van der Waals surface area contributed by atoms with E-state index in [1.54, 1.807) is 0 Å². The molecule has 0 saturated carbocycles. The van der Waals surface area contributed by atoms with E-state index >= 15 is 0 Å². The number of aromatic amines is 1. The Labute approximate surface area is 118 Å². The Morgan fingerprint density at radius 3 is 2.60 bits per heavy atom. The first-order valence-corrected chi connectivity index (χ1v) is 6.66. The summed E-state index contributed by atoms with van der Waals surface area (Å²) in [6, 6.07) is 20.6. The fourth-order valence-corrected chi connectivity index (χ4v) is 2.18. The molecule has 0 aliphatic heterocycles. The monoisotopic (exact) mass is 260 g/mol. The van der Waals surface area contributed by atoms with Crippen molar-refractivity contribution < 1.29 is 0 Å². The molecule has 20 heavy (non-hydrogen) atoms. The first-order valence-electron chi connectivity index (χ1n) is 6.66. The van der Waals surface area contributed by atoms with Crippen LogP contribution in [0.4, 0.5) is 0 Å². The lowest BCUT2D eigenvalue weighted by molar-refractivity contribution is 1.41. The third kappa shape index (κ3) is 2.69. The molecule has 2 heteroatoms.